The Bertz CT molecular complexity index is 1750. The Morgan fingerprint density at radius 1 is 1.06 bits per heavy atom. The van der Waals surface area contributed by atoms with Gasteiger partial charge in [0.15, 0.2) is 11.6 Å². The van der Waals surface area contributed by atoms with Crippen LogP contribution >= 0.6 is 0 Å². The summed E-state index contributed by atoms with van der Waals surface area (Å²) in [5, 5.41) is 5.84. The van der Waals surface area contributed by atoms with Gasteiger partial charge in [0.2, 0.25) is 21.7 Å². The van der Waals surface area contributed by atoms with Crippen molar-refractivity contribution >= 4 is 39.3 Å². The van der Waals surface area contributed by atoms with Gasteiger partial charge in [0.25, 0.3) is 0 Å². The number of piperidine rings is 1. The quantitative estimate of drug-likeness (QED) is 0.148. The Balaban J connectivity index is 1.53. The molecule has 0 radical (unpaired) electrons. The Kier molecular flexibility index (Phi) is 12.0. The van der Waals surface area contributed by atoms with E-state index >= 15 is 0 Å². The minimum atomic E-state index is -3.75. The highest BCUT2D eigenvalue weighted by molar-refractivity contribution is 7.89. The summed E-state index contributed by atoms with van der Waals surface area (Å²) in [6.07, 6.45) is 7.60. The molecule has 12 heteroatoms. The van der Waals surface area contributed by atoms with Crippen molar-refractivity contribution in [1.82, 2.24) is 19.8 Å². The summed E-state index contributed by atoms with van der Waals surface area (Å²) in [6.45, 7) is 19.5. The SMILES string of the molecule is C#CCCC(CC(=O)[C@@H]1[C@@H]2[C@H](CN1C(=O)[C@@H](NC(=O)N[C@H](CN1Cc3ccccc3S1(=O)=O)C(C)(C)C)C(C)(C)C)C2(C)C)C(=O)C(=O)CCC=C. The highest BCUT2D eigenvalue weighted by Gasteiger charge is 2.69. The number of hydrogen-bond donors (Lipinski definition) is 2. The number of amides is 3. The minimum Gasteiger partial charge on any atom is -0.334 e. The minimum absolute atomic E-state index is 0.00735. The van der Waals surface area contributed by atoms with Crippen molar-refractivity contribution in [2.24, 2.45) is 34.0 Å². The molecule has 1 aromatic carbocycles. The molecule has 11 nitrogen and oxygen atoms in total. The first-order valence-corrected chi connectivity index (χ1v) is 19.6. The van der Waals surface area contributed by atoms with Crippen molar-refractivity contribution in [1.29, 1.82) is 0 Å². The lowest BCUT2D eigenvalue weighted by Gasteiger charge is -2.39. The Morgan fingerprint density at radius 3 is 2.29 bits per heavy atom. The van der Waals surface area contributed by atoms with E-state index in [4.69, 9.17) is 6.42 Å². The number of rotatable bonds is 15. The normalized spacial score (nSPS) is 23.3. The lowest BCUT2D eigenvalue weighted by atomic mass is 9.83. The van der Waals surface area contributed by atoms with E-state index in [-0.39, 0.29) is 66.7 Å². The first-order valence-electron chi connectivity index (χ1n) is 18.2. The average Bonchev–Trinajstić information content (AvgIpc) is 3.31. The van der Waals surface area contributed by atoms with Crippen LogP contribution in [0.3, 0.4) is 0 Å². The Labute approximate surface area is 309 Å². The molecule has 284 valence electrons. The second-order valence-corrected chi connectivity index (χ2v) is 19.3. The maximum Gasteiger partial charge on any atom is 0.315 e. The van der Waals surface area contributed by atoms with Crippen LogP contribution < -0.4 is 10.6 Å². The maximum absolute atomic E-state index is 14.5. The van der Waals surface area contributed by atoms with E-state index in [1.54, 1.807) is 35.2 Å². The number of likely N-dealkylation sites (tertiary alicyclic amines) is 1. The van der Waals surface area contributed by atoms with Gasteiger partial charge in [-0.15, -0.1) is 18.9 Å². The van der Waals surface area contributed by atoms with Gasteiger partial charge in [-0.25, -0.2) is 13.2 Å². The van der Waals surface area contributed by atoms with Gasteiger partial charge < -0.3 is 15.5 Å². The van der Waals surface area contributed by atoms with Crippen LogP contribution in [0.4, 0.5) is 4.79 Å². The third kappa shape index (κ3) is 8.52. The highest BCUT2D eigenvalue weighted by Crippen LogP contribution is 2.65. The lowest BCUT2D eigenvalue weighted by Crippen LogP contribution is -2.61. The molecular weight excluding hydrogens is 681 g/mol. The summed E-state index contributed by atoms with van der Waals surface area (Å²) < 4.78 is 28.1. The molecule has 1 unspecified atom stereocenters. The zero-order valence-electron chi connectivity index (χ0n) is 32.0. The van der Waals surface area contributed by atoms with Gasteiger partial charge in [0.05, 0.1) is 10.9 Å². The summed E-state index contributed by atoms with van der Waals surface area (Å²) in [5.74, 6) is -0.358. The van der Waals surface area contributed by atoms with Gasteiger partial charge in [-0.05, 0) is 52.6 Å². The van der Waals surface area contributed by atoms with E-state index in [9.17, 15) is 32.4 Å². The summed E-state index contributed by atoms with van der Waals surface area (Å²) >= 11 is 0. The fraction of sp³-hybridized carbons (Fsp3) is 0.625. The van der Waals surface area contributed by atoms with Gasteiger partial charge in [-0.2, -0.15) is 4.31 Å². The van der Waals surface area contributed by atoms with Crippen LogP contribution in [0.25, 0.3) is 0 Å². The topological polar surface area (TPSA) is 150 Å². The largest absolute Gasteiger partial charge is 0.334 e. The standard InChI is InChI=1S/C40H56N4O7S/c1-11-13-17-25(34(47)28(45)19-14-12-2)21-29(46)33-32-27(40(32,9)10)23-44(33)36(48)35(39(6,7)8)42-37(49)41-31(38(3,4)5)24-43-22-26-18-15-16-20-30(26)52(43,50)51/h1,12,15-16,18,20,25,27,31-33,35H,2,13-14,17,19,21-24H2,3-10H3,(H2,41,42,49)/t25?,27-,31+,32-,33+,35+/m0/s1. The molecule has 3 amide bonds. The smallest absolute Gasteiger partial charge is 0.315 e. The molecule has 0 aromatic heterocycles. The predicted molar refractivity (Wildman–Crippen MR) is 199 cm³/mol. The molecule has 1 aliphatic carbocycles. The van der Waals surface area contributed by atoms with Crippen LogP contribution in [0.5, 0.6) is 0 Å². The molecule has 4 rings (SSSR count). The van der Waals surface area contributed by atoms with Crippen molar-refractivity contribution in [3.63, 3.8) is 0 Å². The van der Waals surface area contributed by atoms with Crippen LogP contribution in [0.2, 0.25) is 0 Å². The number of carbonyl (C=O) groups is 5. The van der Waals surface area contributed by atoms with Crippen molar-refractivity contribution < 1.29 is 32.4 Å². The van der Waals surface area contributed by atoms with Crippen molar-refractivity contribution in [2.45, 2.75) is 117 Å². The Hall–Kier alpha value is -3.82. The fourth-order valence-corrected chi connectivity index (χ4v) is 9.41. The number of fused-ring (bicyclic) bond motifs is 2. The number of hydrogen-bond acceptors (Lipinski definition) is 7. The third-order valence-corrected chi connectivity index (χ3v) is 13.1. The third-order valence-electron chi connectivity index (χ3n) is 11.2. The average molecular weight is 737 g/mol. The number of benzene rings is 1. The van der Waals surface area contributed by atoms with Crippen LogP contribution in [-0.2, 0) is 35.7 Å². The fourth-order valence-electron chi connectivity index (χ4n) is 7.76. The van der Waals surface area contributed by atoms with Crippen molar-refractivity contribution in [3.05, 3.63) is 42.5 Å². The van der Waals surface area contributed by atoms with E-state index < -0.39 is 68.4 Å². The molecule has 6 atom stereocenters. The molecular formula is C40H56N4O7S. The number of ketones is 3. The summed E-state index contributed by atoms with van der Waals surface area (Å²) in [4.78, 5) is 70.1. The number of terminal acetylenes is 1. The van der Waals surface area contributed by atoms with Gasteiger partial charge in [-0.3, -0.25) is 19.2 Å². The molecule has 2 N–H and O–H groups in total. The monoisotopic (exact) mass is 736 g/mol. The zero-order chi connectivity index (χ0) is 39.0. The van der Waals surface area contributed by atoms with Gasteiger partial charge in [0, 0.05) is 50.9 Å². The molecule has 1 aromatic rings. The van der Waals surface area contributed by atoms with Gasteiger partial charge in [-0.1, -0.05) is 79.7 Å². The molecule has 52 heavy (non-hydrogen) atoms. The number of sulfonamides is 1. The predicted octanol–water partition coefficient (Wildman–Crippen LogP) is 4.90. The second kappa shape index (κ2) is 15.3. The molecule has 1 saturated heterocycles. The van der Waals surface area contributed by atoms with Gasteiger partial charge >= 0.3 is 6.03 Å². The lowest BCUT2D eigenvalue weighted by molar-refractivity contribution is -0.144. The number of nitrogens with zero attached hydrogens (tertiary/aromatic N) is 2. The van der Waals surface area contributed by atoms with E-state index in [2.05, 4.69) is 37.0 Å². The number of Topliss-reactive ketones (excluding diaryl/α,β-unsaturated/α-hetero) is 3. The van der Waals surface area contributed by atoms with E-state index in [1.807, 2.05) is 41.5 Å². The van der Waals surface area contributed by atoms with Crippen LogP contribution in [0.1, 0.15) is 93.1 Å². The summed E-state index contributed by atoms with van der Waals surface area (Å²) in [7, 11) is -3.75. The number of urea groups is 1. The molecule has 0 bridgehead atoms. The zero-order valence-corrected chi connectivity index (χ0v) is 32.8. The second-order valence-electron chi connectivity index (χ2n) is 17.4. The molecule has 3 aliphatic rings. The van der Waals surface area contributed by atoms with E-state index in [0.717, 1.165) is 0 Å². The molecule has 0 spiro atoms. The Morgan fingerprint density at radius 2 is 1.71 bits per heavy atom. The molecule has 2 heterocycles. The van der Waals surface area contributed by atoms with Gasteiger partial charge in [0.1, 0.15) is 6.04 Å². The highest BCUT2D eigenvalue weighted by atomic mass is 32.2. The van der Waals surface area contributed by atoms with Crippen LogP contribution in [0, 0.1) is 46.3 Å². The summed E-state index contributed by atoms with van der Waals surface area (Å²) in [5.41, 5.74) is -0.834. The van der Waals surface area contributed by atoms with Crippen molar-refractivity contribution in [2.75, 3.05) is 13.1 Å². The molecule has 2 aliphatic heterocycles. The first-order chi connectivity index (χ1) is 24.1. The number of allylic oxidation sites excluding steroid dienone is 1. The number of nitrogens with one attached hydrogen (secondary N) is 2. The first kappa shape index (κ1) is 40.9. The molecule has 1 saturated carbocycles. The maximum atomic E-state index is 14.5. The van der Waals surface area contributed by atoms with Crippen molar-refractivity contribution in [3.8, 4) is 12.3 Å². The van der Waals surface area contributed by atoms with E-state index in [0.29, 0.717) is 18.5 Å². The summed E-state index contributed by atoms with van der Waals surface area (Å²) in [6, 6.07) is 3.72. The number of carbonyl (C=O) groups excluding carboxylic acids is 5. The molecule has 2 fully saturated rings. The van der Waals surface area contributed by atoms with E-state index in [1.165, 1.54) is 4.31 Å². The van der Waals surface area contributed by atoms with Crippen LogP contribution in [0.15, 0.2) is 41.8 Å². The van der Waals surface area contributed by atoms with Crippen LogP contribution in [-0.4, -0.2) is 78.1 Å².